The first-order valence-corrected chi connectivity index (χ1v) is 4.13. The molecule has 0 radical (unpaired) electrons. The van der Waals surface area contributed by atoms with Gasteiger partial charge >= 0.3 is 5.97 Å². The van der Waals surface area contributed by atoms with E-state index in [9.17, 15) is 9.18 Å². The summed E-state index contributed by atoms with van der Waals surface area (Å²) in [7, 11) is 3.89. The predicted octanol–water partition coefficient (Wildman–Crippen LogP) is 1.63. The Morgan fingerprint density at radius 3 is 2.33 bits per heavy atom. The molecule has 1 rings (SSSR count). The Balaban J connectivity index is 3.30. The third-order valence-electron chi connectivity index (χ3n) is 1.87. The zero-order chi connectivity index (χ0) is 11.4. The van der Waals surface area contributed by atoms with Gasteiger partial charge in [0.05, 0.1) is 21.3 Å². The molecule has 0 spiro atoms. The van der Waals surface area contributed by atoms with Gasteiger partial charge in [0.15, 0.2) is 11.6 Å². The lowest BCUT2D eigenvalue weighted by Crippen LogP contribution is -2.06. The number of halogens is 1. The summed E-state index contributed by atoms with van der Waals surface area (Å²) in [6.45, 7) is 0. The third kappa shape index (κ3) is 2.18. The molecule has 5 heteroatoms. The summed E-state index contributed by atoms with van der Waals surface area (Å²) in [4.78, 5) is 11.2. The van der Waals surface area contributed by atoms with Crippen molar-refractivity contribution in [3.63, 3.8) is 0 Å². The van der Waals surface area contributed by atoms with Crippen LogP contribution in [-0.2, 0) is 4.74 Å². The van der Waals surface area contributed by atoms with Gasteiger partial charge in [-0.2, -0.15) is 0 Å². The Labute approximate surface area is 86.6 Å². The van der Waals surface area contributed by atoms with Crippen molar-refractivity contribution >= 4 is 5.97 Å². The van der Waals surface area contributed by atoms with E-state index in [1.54, 1.807) is 0 Å². The number of carbonyl (C=O) groups is 1. The maximum atomic E-state index is 13.5. The van der Waals surface area contributed by atoms with Crippen molar-refractivity contribution in [2.45, 2.75) is 0 Å². The topological polar surface area (TPSA) is 44.8 Å². The number of rotatable bonds is 3. The molecule has 0 heterocycles. The number of ether oxygens (including phenoxy) is 3. The van der Waals surface area contributed by atoms with Crippen LogP contribution in [0.2, 0.25) is 0 Å². The van der Waals surface area contributed by atoms with E-state index >= 15 is 0 Å². The molecule has 0 unspecified atom stereocenters. The second-order valence-corrected chi connectivity index (χ2v) is 2.68. The van der Waals surface area contributed by atoms with Gasteiger partial charge in [-0.3, -0.25) is 0 Å². The van der Waals surface area contributed by atoms with E-state index in [1.807, 2.05) is 0 Å². The fourth-order valence-corrected chi connectivity index (χ4v) is 1.10. The number of carbonyl (C=O) groups excluding carboxylic acids is 1. The van der Waals surface area contributed by atoms with Crippen LogP contribution >= 0.6 is 0 Å². The van der Waals surface area contributed by atoms with Crippen molar-refractivity contribution in [2.24, 2.45) is 0 Å². The second kappa shape index (κ2) is 4.63. The maximum absolute atomic E-state index is 13.5. The highest BCUT2D eigenvalue weighted by Crippen LogP contribution is 2.27. The van der Waals surface area contributed by atoms with Crippen LogP contribution in [0.3, 0.4) is 0 Å². The van der Waals surface area contributed by atoms with Crippen LogP contribution in [0.5, 0.6) is 11.5 Å². The van der Waals surface area contributed by atoms with E-state index in [4.69, 9.17) is 9.47 Å². The molecule has 0 aliphatic carbocycles. The summed E-state index contributed by atoms with van der Waals surface area (Å²) in [5.41, 5.74) is -0.214. The largest absolute Gasteiger partial charge is 0.497 e. The maximum Gasteiger partial charge on any atom is 0.341 e. The fourth-order valence-electron chi connectivity index (χ4n) is 1.10. The van der Waals surface area contributed by atoms with Gasteiger partial charge in [0.2, 0.25) is 0 Å². The Morgan fingerprint density at radius 1 is 1.20 bits per heavy atom. The van der Waals surface area contributed by atoms with Crippen LogP contribution in [0, 0.1) is 5.82 Å². The first-order chi connectivity index (χ1) is 7.13. The van der Waals surface area contributed by atoms with E-state index in [2.05, 4.69) is 4.74 Å². The quantitative estimate of drug-likeness (QED) is 0.716. The summed E-state index contributed by atoms with van der Waals surface area (Å²) in [5.74, 6) is -1.27. The molecule has 0 bridgehead atoms. The lowest BCUT2D eigenvalue weighted by Gasteiger charge is -2.08. The highest BCUT2D eigenvalue weighted by Gasteiger charge is 2.18. The summed E-state index contributed by atoms with van der Waals surface area (Å²) in [6, 6.07) is 2.60. The first kappa shape index (κ1) is 11.3. The number of esters is 1. The second-order valence-electron chi connectivity index (χ2n) is 2.68. The Morgan fingerprint density at radius 2 is 1.87 bits per heavy atom. The molecule has 1 aromatic carbocycles. The Hall–Kier alpha value is -1.78. The molecule has 15 heavy (non-hydrogen) atoms. The lowest BCUT2D eigenvalue weighted by molar-refractivity contribution is 0.0594. The van der Waals surface area contributed by atoms with Crippen molar-refractivity contribution in [1.82, 2.24) is 0 Å². The van der Waals surface area contributed by atoms with Gasteiger partial charge in [-0.15, -0.1) is 0 Å². The fraction of sp³-hybridized carbons (Fsp3) is 0.300. The molecule has 0 fully saturated rings. The SMILES string of the molecule is COC(=O)c1cc(OC)cc(OC)c1[18F]. The van der Waals surface area contributed by atoms with Crippen molar-refractivity contribution in [3.8, 4) is 11.5 Å². The number of hydrogen-bond donors (Lipinski definition) is 0. The van der Waals surface area contributed by atoms with Gasteiger partial charge in [-0.1, -0.05) is 0 Å². The molecule has 0 N–H and O–H groups in total. The van der Waals surface area contributed by atoms with Crippen LogP contribution in [0.1, 0.15) is 10.4 Å². The van der Waals surface area contributed by atoms with E-state index in [0.717, 1.165) is 0 Å². The molecular weight excluding hydrogens is 202 g/mol. The van der Waals surface area contributed by atoms with Crippen LogP contribution in [0.4, 0.5) is 4.39 Å². The predicted molar refractivity (Wildman–Crippen MR) is 50.8 cm³/mol. The van der Waals surface area contributed by atoms with E-state index in [1.165, 1.54) is 33.5 Å². The van der Waals surface area contributed by atoms with Crippen molar-refractivity contribution in [2.75, 3.05) is 21.3 Å². The van der Waals surface area contributed by atoms with Crippen LogP contribution in [0.25, 0.3) is 0 Å². The summed E-state index contributed by atoms with van der Waals surface area (Å²) < 4.78 is 27.6. The molecule has 0 aromatic heterocycles. The van der Waals surface area contributed by atoms with Crippen LogP contribution in [-0.4, -0.2) is 27.3 Å². The smallest absolute Gasteiger partial charge is 0.341 e. The molecule has 0 saturated carbocycles. The zero-order valence-electron chi connectivity index (χ0n) is 8.67. The van der Waals surface area contributed by atoms with Crippen LogP contribution < -0.4 is 9.47 Å². The van der Waals surface area contributed by atoms with Gasteiger partial charge in [0.25, 0.3) is 0 Å². The summed E-state index contributed by atoms with van der Waals surface area (Å²) in [5, 5.41) is 0. The van der Waals surface area contributed by atoms with E-state index in [-0.39, 0.29) is 11.3 Å². The first-order valence-electron chi connectivity index (χ1n) is 4.13. The van der Waals surface area contributed by atoms with Gasteiger partial charge in [0.1, 0.15) is 11.3 Å². The molecule has 0 aliphatic heterocycles. The van der Waals surface area contributed by atoms with E-state index < -0.39 is 11.8 Å². The highest BCUT2D eigenvalue weighted by molar-refractivity contribution is 5.90. The summed E-state index contributed by atoms with van der Waals surface area (Å²) >= 11 is 0. The third-order valence-corrected chi connectivity index (χ3v) is 1.87. The molecule has 1 aromatic rings. The normalized spacial score (nSPS) is 9.60. The molecule has 0 saturated heterocycles. The standard InChI is InChI=1S/C10H11FO4/c1-13-6-4-7(10(12)15-3)9(11)8(5-6)14-2/h4-5H,1-3H3/i11-1. The van der Waals surface area contributed by atoms with Crippen molar-refractivity contribution in [1.29, 1.82) is 0 Å². The Kier molecular flexibility index (Phi) is 3.49. The molecule has 0 aliphatic rings. The van der Waals surface area contributed by atoms with Gasteiger partial charge in [-0.05, 0) is 6.07 Å². The minimum absolute atomic E-state index is 0.0604. The molecule has 0 atom stereocenters. The zero-order valence-corrected chi connectivity index (χ0v) is 8.67. The molecule has 82 valence electrons. The van der Waals surface area contributed by atoms with Crippen LogP contribution in [0.15, 0.2) is 12.1 Å². The van der Waals surface area contributed by atoms with E-state index in [0.29, 0.717) is 5.75 Å². The number of benzene rings is 1. The van der Waals surface area contributed by atoms with Gasteiger partial charge in [-0.25, -0.2) is 9.18 Å². The monoisotopic (exact) mass is 213 g/mol. The van der Waals surface area contributed by atoms with Gasteiger partial charge < -0.3 is 14.2 Å². The highest BCUT2D eigenvalue weighted by atomic mass is 18.2. The van der Waals surface area contributed by atoms with Gasteiger partial charge in [0, 0.05) is 6.07 Å². The molecular formula is C10H11FO4. The average molecular weight is 213 g/mol. The minimum Gasteiger partial charge on any atom is -0.497 e. The average Bonchev–Trinajstić information content (AvgIpc) is 2.28. The lowest BCUT2D eigenvalue weighted by atomic mass is 10.2. The number of methoxy groups -OCH3 is 3. The van der Waals surface area contributed by atoms with Crippen molar-refractivity contribution in [3.05, 3.63) is 23.5 Å². The number of hydrogen-bond acceptors (Lipinski definition) is 4. The summed E-state index contributed by atoms with van der Waals surface area (Å²) in [6.07, 6.45) is 0. The molecule has 0 amide bonds. The Bertz CT molecular complexity index is 376. The van der Waals surface area contributed by atoms with Crippen molar-refractivity contribution < 1.29 is 23.4 Å². The minimum atomic E-state index is -0.773. The molecule has 4 nitrogen and oxygen atoms in total.